The highest BCUT2D eigenvalue weighted by atomic mass is 32.1. The molecule has 0 atom stereocenters. The van der Waals surface area contributed by atoms with E-state index in [1.54, 1.807) is 0 Å². The van der Waals surface area contributed by atoms with E-state index in [1.165, 1.54) is 0 Å². The third kappa shape index (κ3) is 3.79. The first-order chi connectivity index (χ1) is 8.83. The van der Waals surface area contributed by atoms with Gasteiger partial charge in [0.2, 0.25) is 0 Å². The molecule has 19 heavy (non-hydrogen) atoms. The van der Waals surface area contributed by atoms with Gasteiger partial charge < -0.3 is 15.6 Å². The van der Waals surface area contributed by atoms with Gasteiger partial charge in [-0.2, -0.15) is 0 Å². The first-order valence-corrected chi connectivity index (χ1v) is 6.47. The van der Waals surface area contributed by atoms with Crippen LogP contribution in [-0.4, -0.2) is 16.6 Å². The number of aromatic nitrogens is 1. The minimum absolute atomic E-state index is 0.221. The molecule has 0 radical (unpaired) electrons. The summed E-state index contributed by atoms with van der Waals surface area (Å²) in [5, 5.41) is 6.70. The maximum Gasteiger partial charge on any atom is 0.319 e. The Bertz CT molecular complexity index is 670. The smallest absolute Gasteiger partial charge is 0.319 e. The number of nitrogens with one attached hydrogen (secondary N) is 3. The van der Waals surface area contributed by atoms with Crippen LogP contribution in [0.25, 0.3) is 10.9 Å². The van der Waals surface area contributed by atoms with E-state index in [0.717, 1.165) is 16.6 Å². The second kappa shape index (κ2) is 5.01. The molecule has 0 bridgehead atoms. The second-order valence-corrected chi connectivity index (χ2v) is 5.89. The Hall–Kier alpha value is -1.88. The first kappa shape index (κ1) is 13.5. The van der Waals surface area contributed by atoms with Crippen LogP contribution in [0.2, 0.25) is 0 Å². The lowest BCUT2D eigenvalue weighted by Crippen LogP contribution is -2.43. The van der Waals surface area contributed by atoms with Crippen molar-refractivity contribution in [3.63, 3.8) is 0 Å². The SMILES string of the molecule is CC(C)(C)NC(=O)Nc1ccc2ccc(=S)[nH]c2c1. The number of rotatable bonds is 1. The van der Waals surface area contributed by atoms with Crippen molar-refractivity contribution in [2.45, 2.75) is 26.3 Å². The molecule has 0 spiro atoms. The first-order valence-electron chi connectivity index (χ1n) is 6.06. The van der Waals surface area contributed by atoms with Gasteiger partial charge in [0, 0.05) is 16.7 Å². The molecule has 2 rings (SSSR count). The normalized spacial score (nSPS) is 11.3. The van der Waals surface area contributed by atoms with Gasteiger partial charge in [-0.05, 0) is 50.4 Å². The van der Waals surface area contributed by atoms with E-state index in [1.807, 2.05) is 51.1 Å². The highest BCUT2D eigenvalue weighted by Gasteiger charge is 2.13. The number of amides is 2. The molecule has 0 aliphatic rings. The molecular formula is C14H17N3OS. The molecule has 0 aliphatic carbocycles. The quantitative estimate of drug-likeness (QED) is 0.693. The number of aromatic amines is 1. The highest BCUT2D eigenvalue weighted by molar-refractivity contribution is 7.71. The lowest BCUT2D eigenvalue weighted by molar-refractivity contribution is 0.244. The van der Waals surface area contributed by atoms with Gasteiger partial charge in [-0.1, -0.05) is 18.3 Å². The Kier molecular flexibility index (Phi) is 3.57. The van der Waals surface area contributed by atoms with Crippen LogP contribution in [0.4, 0.5) is 10.5 Å². The van der Waals surface area contributed by atoms with E-state index in [-0.39, 0.29) is 11.6 Å². The monoisotopic (exact) mass is 275 g/mol. The minimum atomic E-state index is -0.263. The average Bonchev–Trinajstić information content (AvgIpc) is 2.25. The fraction of sp³-hybridized carbons (Fsp3) is 0.286. The summed E-state index contributed by atoms with van der Waals surface area (Å²) in [6.07, 6.45) is 0. The van der Waals surface area contributed by atoms with Crippen LogP contribution in [0, 0.1) is 4.64 Å². The fourth-order valence-corrected chi connectivity index (χ4v) is 1.91. The summed E-state index contributed by atoms with van der Waals surface area (Å²) >= 11 is 5.09. The number of hydrogen-bond acceptors (Lipinski definition) is 2. The molecule has 0 aliphatic heterocycles. The summed E-state index contributed by atoms with van der Waals surface area (Å²) in [5.41, 5.74) is 1.37. The summed E-state index contributed by atoms with van der Waals surface area (Å²) in [5.74, 6) is 0. The zero-order valence-electron chi connectivity index (χ0n) is 11.2. The van der Waals surface area contributed by atoms with Crippen LogP contribution >= 0.6 is 12.2 Å². The van der Waals surface area contributed by atoms with Gasteiger partial charge in [0.1, 0.15) is 4.64 Å². The van der Waals surface area contributed by atoms with Crippen LogP contribution in [0.15, 0.2) is 30.3 Å². The summed E-state index contributed by atoms with van der Waals surface area (Å²) in [6, 6.07) is 9.24. The number of pyridine rings is 1. The molecule has 0 saturated carbocycles. The van der Waals surface area contributed by atoms with Gasteiger partial charge in [-0.25, -0.2) is 4.79 Å². The Balaban J connectivity index is 2.22. The number of carbonyl (C=O) groups is 1. The molecule has 2 aromatic rings. The van der Waals surface area contributed by atoms with Crippen molar-refractivity contribution in [1.29, 1.82) is 0 Å². The number of H-pyrrole nitrogens is 1. The van der Waals surface area contributed by atoms with Crippen LogP contribution in [-0.2, 0) is 0 Å². The molecule has 1 aromatic heterocycles. The third-order valence-corrected chi connectivity index (χ3v) is 2.71. The van der Waals surface area contributed by atoms with Crippen LogP contribution < -0.4 is 10.6 Å². The van der Waals surface area contributed by atoms with Crippen LogP contribution in [0.3, 0.4) is 0 Å². The number of hydrogen-bond donors (Lipinski definition) is 3. The van der Waals surface area contributed by atoms with Crippen molar-refractivity contribution in [3.05, 3.63) is 35.0 Å². The summed E-state index contributed by atoms with van der Waals surface area (Å²) < 4.78 is 0.670. The number of benzene rings is 1. The van der Waals surface area contributed by atoms with Crippen LogP contribution in [0.5, 0.6) is 0 Å². The molecular weight excluding hydrogens is 258 g/mol. The van der Waals surface area contributed by atoms with E-state index < -0.39 is 0 Å². The Morgan fingerprint density at radius 1 is 1.21 bits per heavy atom. The molecule has 100 valence electrons. The number of anilines is 1. The molecule has 0 unspecified atom stereocenters. The van der Waals surface area contributed by atoms with Gasteiger partial charge in [0.05, 0.1) is 0 Å². The molecule has 3 N–H and O–H groups in total. The second-order valence-electron chi connectivity index (χ2n) is 5.45. The zero-order chi connectivity index (χ0) is 14.0. The van der Waals surface area contributed by atoms with Crippen molar-refractivity contribution in [2.75, 3.05) is 5.32 Å². The van der Waals surface area contributed by atoms with Crippen molar-refractivity contribution in [2.24, 2.45) is 0 Å². The highest BCUT2D eigenvalue weighted by Crippen LogP contribution is 2.17. The Morgan fingerprint density at radius 2 is 1.89 bits per heavy atom. The van der Waals surface area contributed by atoms with E-state index in [0.29, 0.717) is 4.64 Å². The predicted octanol–water partition coefficient (Wildman–Crippen LogP) is 3.82. The van der Waals surface area contributed by atoms with Gasteiger partial charge in [0.15, 0.2) is 0 Å². The molecule has 1 heterocycles. The minimum Gasteiger partial charge on any atom is -0.346 e. The summed E-state index contributed by atoms with van der Waals surface area (Å²) in [6.45, 7) is 5.80. The molecule has 0 saturated heterocycles. The molecule has 2 amide bonds. The lowest BCUT2D eigenvalue weighted by Gasteiger charge is -2.20. The van der Waals surface area contributed by atoms with Crippen molar-refractivity contribution in [3.8, 4) is 0 Å². The topological polar surface area (TPSA) is 56.9 Å². The largest absolute Gasteiger partial charge is 0.346 e. The maximum absolute atomic E-state index is 11.8. The van der Waals surface area contributed by atoms with Gasteiger partial charge >= 0.3 is 6.03 Å². The van der Waals surface area contributed by atoms with Gasteiger partial charge in [-0.3, -0.25) is 0 Å². The Labute approximate surface area is 117 Å². The third-order valence-electron chi connectivity index (χ3n) is 2.47. The number of fused-ring (bicyclic) bond motifs is 1. The maximum atomic E-state index is 11.8. The standard InChI is InChI=1S/C14H17N3OS/c1-14(2,3)17-13(18)15-10-6-4-9-5-7-12(19)16-11(9)8-10/h4-8H,1-3H3,(H,16,19)(H2,15,17,18). The Morgan fingerprint density at radius 3 is 2.58 bits per heavy atom. The molecule has 0 fully saturated rings. The van der Waals surface area contributed by atoms with Crippen LogP contribution in [0.1, 0.15) is 20.8 Å². The van der Waals surface area contributed by atoms with E-state index >= 15 is 0 Å². The zero-order valence-corrected chi connectivity index (χ0v) is 12.0. The van der Waals surface area contributed by atoms with Crippen molar-refractivity contribution in [1.82, 2.24) is 10.3 Å². The molecule has 5 heteroatoms. The predicted molar refractivity (Wildman–Crippen MR) is 81.0 cm³/mol. The number of carbonyl (C=O) groups excluding carboxylic acids is 1. The molecule has 4 nitrogen and oxygen atoms in total. The summed E-state index contributed by atoms with van der Waals surface area (Å²) in [7, 11) is 0. The van der Waals surface area contributed by atoms with E-state index in [9.17, 15) is 4.79 Å². The summed E-state index contributed by atoms with van der Waals surface area (Å²) in [4.78, 5) is 14.9. The van der Waals surface area contributed by atoms with Gasteiger partial charge in [0.25, 0.3) is 0 Å². The fourth-order valence-electron chi connectivity index (χ4n) is 1.73. The average molecular weight is 275 g/mol. The molecule has 1 aromatic carbocycles. The lowest BCUT2D eigenvalue weighted by atomic mass is 10.1. The van der Waals surface area contributed by atoms with E-state index in [2.05, 4.69) is 15.6 Å². The van der Waals surface area contributed by atoms with Crippen molar-refractivity contribution >= 4 is 34.8 Å². The van der Waals surface area contributed by atoms with E-state index in [4.69, 9.17) is 12.2 Å². The van der Waals surface area contributed by atoms with Crippen molar-refractivity contribution < 1.29 is 4.79 Å². The number of urea groups is 1. The van der Waals surface area contributed by atoms with Gasteiger partial charge in [-0.15, -0.1) is 0 Å².